The number of nitrogens with zero attached hydrogens (tertiary/aromatic N) is 1. The van der Waals surface area contributed by atoms with Crippen molar-refractivity contribution >= 4 is 17.4 Å². The van der Waals surface area contributed by atoms with Gasteiger partial charge in [-0.25, -0.2) is 0 Å². The van der Waals surface area contributed by atoms with Gasteiger partial charge in [-0.1, -0.05) is 25.8 Å². The van der Waals surface area contributed by atoms with Crippen molar-refractivity contribution in [1.82, 2.24) is 4.90 Å². The number of aliphatic hydroxyl groups is 1. The van der Waals surface area contributed by atoms with E-state index in [0.717, 1.165) is 30.6 Å². The van der Waals surface area contributed by atoms with Crippen molar-refractivity contribution in [2.24, 2.45) is 0 Å². The van der Waals surface area contributed by atoms with Crippen LogP contribution in [0.1, 0.15) is 68.5 Å². The van der Waals surface area contributed by atoms with Crippen LogP contribution >= 0.6 is 0 Å². The lowest BCUT2D eigenvalue weighted by Gasteiger charge is -2.25. The molecule has 0 unspecified atom stereocenters. The van der Waals surface area contributed by atoms with Crippen LogP contribution in [0.4, 0.5) is 0 Å². The molecule has 1 N–H and O–H groups in total. The average Bonchev–Trinajstić information content (AvgIpc) is 3.66. The molecule has 0 spiro atoms. The lowest BCUT2D eigenvalue weighted by molar-refractivity contribution is -0.140. The first kappa shape index (κ1) is 27.4. The van der Waals surface area contributed by atoms with Gasteiger partial charge in [-0.15, -0.1) is 0 Å². The molecule has 2 aromatic carbocycles. The molecule has 3 heterocycles. The predicted molar refractivity (Wildman–Crippen MR) is 149 cm³/mol. The number of aliphatic hydroxyl groups excluding tert-OH is 1. The van der Waals surface area contributed by atoms with Crippen molar-refractivity contribution in [3.05, 3.63) is 82.8 Å². The number of amides is 1. The largest absolute Gasteiger partial charge is 0.507 e. The van der Waals surface area contributed by atoms with Gasteiger partial charge >= 0.3 is 0 Å². The van der Waals surface area contributed by atoms with E-state index in [2.05, 4.69) is 6.92 Å². The lowest BCUT2D eigenvalue weighted by atomic mass is 9.94. The normalized spacial score (nSPS) is 19.5. The molecule has 5 rings (SSSR count). The Bertz CT molecular complexity index is 1410. The molecule has 1 fully saturated rings. The molecule has 1 amide bonds. The second-order valence-corrected chi connectivity index (χ2v) is 10.2. The first-order chi connectivity index (χ1) is 19.4. The highest BCUT2D eigenvalue weighted by Gasteiger charge is 2.46. The number of ether oxygens (including phenoxy) is 3. The number of rotatable bonds is 11. The molecular formula is C32H35NO7. The fourth-order valence-corrected chi connectivity index (χ4v) is 5.30. The summed E-state index contributed by atoms with van der Waals surface area (Å²) >= 11 is 0. The Labute approximate surface area is 234 Å². The van der Waals surface area contributed by atoms with Gasteiger partial charge in [-0.05, 0) is 73.9 Å². The van der Waals surface area contributed by atoms with Gasteiger partial charge in [-0.3, -0.25) is 9.59 Å². The minimum atomic E-state index is -0.859. The van der Waals surface area contributed by atoms with Gasteiger partial charge in [0.1, 0.15) is 23.4 Å². The minimum Gasteiger partial charge on any atom is -0.507 e. The second-order valence-electron chi connectivity index (χ2n) is 10.2. The van der Waals surface area contributed by atoms with E-state index in [-0.39, 0.29) is 24.0 Å². The number of carbonyl (C=O) groups excluding carboxylic acids is 2. The van der Waals surface area contributed by atoms with Crippen LogP contribution < -0.4 is 14.2 Å². The number of furan rings is 1. The number of ketones is 1. The lowest BCUT2D eigenvalue weighted by Crippen LogP contribution is -2.29. The maximum Gasteiger partial charge on any atom is 0.296 e. The van der Waals surface area contributed by atoms with Crippen LogP contribution in [0.3, 0.4) is 0 Å². The van der Waals surface area contributed by atoms with E-state index >= 15 is 0 Å². The third-order valence-corrected chi connectivity index (χ3v) is 7.20. The molecule has 3 aromatic rings. The van der Waals surface area contributed by atoms with E-state index in [0.29, 0.717) is 48.0 Å². The Morgan fingerprint density at radius 3 is 2.65 bits per heavy atom. The van der Waals surface area contributed by atoms with E-state index in [1.165, 1.54) is 11.2 Å². The standard InChI is InChI=1S/C32H35NO7/c1-4-6-7-14-39-26-13-10-21(18-27(26)37-5-2)29-28(31(35)32(36)33(29)19-24-9-8-15-38-24)30(34)22-11-12-25-23(17-22)16-20(3)40-25/h8-13,15,17-18,20,29,34H,4-7,14,16,19H2,1-3H3/b30-28+/t20-,29-/m1/s1. The number of likely N-dealkylation sites (tertiary alicyclic amines) is 1. The van der Waals surface area contributed by atoms with Crippen LogP contribution in [0, 0.1) is 0 Å². The summed E-state index contributed by atoms with van der Waals surface area (Å²) in [5.74, 6) is 0.703. The van der Waals surface area contributed by atoms with E-state index in [4.69, 9.17) is 18.6 Å². The highest BCUT2D eigenvalue weighted by Crippen LogP contribution is 2.43. The van der Waals surface area contributed by atoms with E-state index in [1.807, 2.05) is 26.0 Å². The third-order valence-electron chi connectivity index (χ3n) is 7.20. The van der Waals surface area contributed by atoms with Crippen LogP contribution in [-0.4, -0.2) is 41.0 Å². The molecule has 1 saturated heterocycles. The summed E-state index contributed by atoms with van der Waals surface area (Å²) in [7, 11) is 0. The van der Waals surface area contributed by atoms with E-state index in [9.17, 15) is 14.7 Å². The number of hydrogen-bond acceptors (Lipinski definition) is 7. The summed E-state index contributed by atoms with van der Waals surface area (Å²) in [5.41, 5.74) is 2.04. The molecule has 0 saturated carbocycles. The molecule has 210 valence electrons. The van der Waals surface area contributed by atoms with Crippen molar-refractivity contribution < 1.29 is 33.3 Å². The Balaban J connectivity index is 1.58. The minimum absolute atomic E-state index is 0.0162. The average molecular weight is 546 g/mol. The smallest absolute Gasteiger partial charge is 0.296 e. The number of Topliss-reactive ketones (excluding diaryl/α,β-unsaturated/α-hetero) is 1. The summed E-state index contributed by atoms with van der Waals surface area (Å²) < 4.78 is 23.2. The summed E-state index contributed by atoms with van der Waals surface area (Å²) in [6.45, 7) is 7.04. The molecule has 40 heavy (non-hydrogen) atoms. The maximum atomic E-state index is 13.5. The second kappa shape index (κ2) is 11.9. The third kappa shape index (κ3) is 5.43. The van der Waals surface area contributed by atoms with Crippen LogP contribution in [0.25, 0.3) is 5.76 Å². The van der Waals surface area contributed by atoms with Crippen LogP contribution in [0.5, 0.6) is 17.2 Å². The molecule has 1 aromatic heterocycles. The highest BCUT2D eigenvalue weighted by atomic mass is 16.5. The van der Waals surface area contributed by atoms with Crippen molar-refractivity contribution in [2.45, 2.75) is 65.1 Å². The Hall–Kier alpha value is -4.20. The monoisotopic (exact) mass is 545 g/mol. The molecule has 2 atom stereocenters. The molecule has 2 aliphatic rings. The molecule has 8 nitrogen and oxygen atoms in total. The van der Waals surface area contributed by atoms with Crippen LogP contribution in [0.15, 0.2) is 64.8 Å². The van der Waals surface area contributed by atoms with Crippen molar-refractivity contribution in [3.63, 3.8) is 0 Å². The molecule has 0 aliphatic carbocycles. The topological polar surface area (TPSA) is 98.4 Å². The van der Waals surface area contributed by atoms with Crippen molar-refractivity contribution in [2.75, 3.05) is 13.2 Å². The fourth-order valence-electron chi connectivity index (χ4n) is 5.30. The van der Waals surface area contributed by atoms with Crippen LogP contribution in [0.2, 0.25) is 0 Å². The number of unbranched alkanes of at least 4 members (excludes halogenated alkanes) is 2. The zero-order valence-electron chi connectivity index (χ0n) is 23.1. The zero-order valence-corrected chi connectivity index (χ0v) is 23.1. The Morgan fingerprint density at radius 1 is 1.05 bits per heavy atom. The van der Waals surface area contributed by atoms with Crippen molar-refractivity contribution in [1.29, 1.82) is 0 Å². The first-order valence-corrected chi connectivity index (χ1v) is 13.9. The van der Waals surface area contributed by atoms with Gasteiger partial charge in [0, 0.05) is 12.0 Å². The Morgan fingerprint density at radius 2 is 1.90 bits per heavy atom. The number of benzene rings is 2. The molecule has 8 heteroatoms. The number of hydrogen-bond donors (Lipinski definition) is 1. The summed E-state index contributed by atoms with van der Waals surface area (Å²) in [4.78, 5) is 28.3. The predicted octanol–water partition coefficient (Wildman–Crippen LogP) is 6.19. The fraction of sp³-hybridized carbons (Fsp3) is 0.375. The molecule has 0 bridgehead atoms. The van der Waals surface area contributed by atoms with Gasteiger partial charge in [0.25, 0.3) is 11.7 Å². The van der Waals surface area contributed by atoms with E-state index < -0.39 is 17.7 Å². The van der Waals surface area contributed by atoms with E-state index in [1.54, 1.807) is 36.4 Å². The molecule has 0 radical (unpaired) electrons. The van der Waals surface area contributed by atoms with Crippen molar-refractivity contribution in [3.8, 4) is 17.2 Å². The molecular weight excluding hydrogens is 510 g/mol. The highest BCUT2D eigenvalue weighted by molar-refractivity contribution is 6.46. The van der Waals surface area contributed by atoms with Gasteiger partial charge in [0.15, 0.2) is 11.5 Å². The quantitative estimate of drug-likeness (QED) is 0.133. The summed E-state index contributed by atoms with van der Waals surface area (Å²) in [5, 5.41) is 11.5. The SMILES string of the molecule is CCCCCOc1ccc([C@@H]2/C(=C(\O)c3ccc4c(c3)C[C@@H](C)O4)C(=O)C(=O)N2Cc2ccco2)cc1OCC. The Kier molecular flexibility index (Phi) is 8.14. The zero-order chi connectivity index (χ0) is 28.2. The first-order valence-electron chi connectivity index (χ1n) is 13.9. The van der Waals surface area contributed by atoms with Crippen LogP contribution in [-0.2, 0) is 22.6 Å². The number of fused-ring (bicyclic) bond motifs is 1. The number of carbonyl (C=O) groups is 2. The summed E-state index contributed by atoms with van der Waals surface area (Å²) in [6.07, 6.45) is 5.34. The summed E-state index contributed by atoms with van der Waals surface area (Å²) in [6, 6.07) is 13.3. The van der Waals surface area contributed by atoms with Gasteiger partial charge < -0.3 is 28.6 Å². The molecule has 2 aliphatic heterocycles. The van der Waals surface area contributed by atoms with Gasteiger partial charge in [0.05, 0.1) is 37.6 Å². The maximum absolute atomic E-state index is 13.5. The van der Waals surface area contributed by atoms with Gasteiger partial charge in [-0.2, -0.15) is 0 Å². The van der Waals surface area contributed by atoms with Gasteiger partial charge in [0.2, 0.25) is 0 Å².